The standard InChI is InChI=1S/C23H25N3O4S/c1-5-22(27)24-23-17(4)25-30-21(23)14-11-18-9-12-19(13-10-18)31(28,29)26-20-8-6-7-15(2)16(20)3/h6-14,26H,5H2,1-4H3,(H,24,27). The molecular weight excluding hydrogens is 414 g/mol. The molecular formula is C23H25N3O4S. The second-order valence-electron chi connectivity index (χ2n) is 7.16. The Bertz CT molecular complexity index is 1230. The number of hydrogen-bond donors (Lipinski definition) is 2. The van der Waals surface area contributed by atoms with E-state index in [2.05, 4.69) is 15.2 Å². The first-order chi connectivity index (χ1) is 14.7. The Morgan fingerprint density at radius 1 is 1.06 bits per heavy atom. The highest BCUT2D eigenvalue weighted by Gasteiger charge is 2.16. The molecule has 31 heavy (non-hydrogen) atoms. The van der Waals surface area contributed by atoms with Crippen LogP contribution in [0.4, 0.5) is 11.4 Å². The molecule has 0 radical (unpaired) electrons. The number of benzene rings is 2. The number of anilines is 2. The maximum Gasteiger partial charge on any atom is 0.261 e. The van der Waals surface area contributed by atoms with Crippen LogP contribution in [-0.2, 0) is 14.8 Å². The van der Waals surface area contributed by atoms with E-state index in [1.54, 1.807) is 56.3 Å². The van der Waals surface area contributed by atoms with Crippen molar-refractivity contribution in [1.82, 2.24) is 5.16 Å². The third kappa shape index (κ3) is 5.21. The number of hydrogen-bond acceptors (Lipinski definition) is 5. The summed E-state index contributed by atoms with van der Waals surface area (Å²) in [5.74, 6) is 0.291. The van der Waals surface area contributed by atoms with E-state index < -0.39 is 10.0 Å². The highest BCUT2D eigenvalue weighted by atomic mass is 32.2. The van der Waals surface area contributed by atoms with E-state index in [-0.39, 0.29) is 10.8 Å². The molecule has 0 aliphatic carbocycles. The van der Waals surface area contributed by atoms with Gasteiger partial charge < -0.3 is 9.84 Å². The van der Waals surface area contributed by atoms with E-state index in [1.165, 1.54) is 0 Å². The number of rotatable bonds is 7. The SMILES string of the molecule is CCC(=O)Nc1c(C)noc1C=Cc1ccc(S(=O)(=O)Nc2cccc(C)c2C)cc1. The summed E-state index contributed by atoms with van der Waals surface area (Å²) in [5, 5.41) is 6.66. The molecule has 3 aromatic rings. The van der Waals surface area contributed by atoms with Crippen molar-refractivity contribution >= 4 is 39.5 Å². The zero-order valence-corrected chi connectivity index (χ0v) is 18.7. The average molecular weight is 440 g/mol. The molecule has 7 nitrogen and oxygen atoms in total. The monoisotopic (exact) mass is 439 g/mol. The van der Waals surface area contributed by atoms with Crippen LogP contribution < -0.4 is 10.0 Å². The third-order valence-electron chi connectivity index (χ3n) is 4.94. The molecule has 0 aliphatic heterocycles. The van der Waals surface area contributed by atoms with Crippen molar-refractivity contribution in [2.45, 2.75) is 39.0 Å². The zero-order chi connectivity index (χ0) is 22.6. The van der Waals surface area contributed by atoms with Gasteiger partial charge in [-0.2, -0.15) is 0 Å². The van der Waals surface area contributed by atoms with Gasteiger partial charge in [0.1, 0.15) is 11.4 Å². The van der Waals surface area contributed by atoms with E-state index in [1.807, 2.05) is 26.0 Å². The van der Waals surface area contributed by atoms with Gasteiger partial charge in [-0.25, -0.2) is 8.42 Å². The van der Waals surface area contributed by atoms with Crippen LogP contribution in [-0.4, -0.2) is 19.5 Å². The minimum atomic E-state index is -3.71. The van der Waals surface area contributed by atoms with Crippen LogP contribution in [0.2, 0.25) is 0 Å². The third-order valence-corrected chi connectivity index (χ3v) is 6.32. The molecule has 8 heteroatoms. The molecule has 2 N–H and O–H groups in total. The molecule has 0 aliphatic rings. The molecule has 0 bridgehead atoms. The quantitative estimate of drug-likeness (QED) is 0.544. The second kappa shape index (κ2) is 9.18. The second-order valence-corrected chi connectivity index (χ2v) is 8.85. The normalized spacial score (nSPS) is 11.6. The fourth-order valence-electron chi connectivity index (χ4n) is 2.88. The molecule has 0 spiro atoms. The molecule has 1 amide bonds. The zero-order valence-electron chi connectivity index (χ0n) is 17.9. The van der Waals surface area contributed by atoms with Crippen LogP contribution in [0.1, 0.15) is 41.5 Å². The van der Waals surface area contributed by atoms with Gasteiger partial charge in [-0.1, -0.05) is 42.4 Å². The van der Waals surface area contributed by atoms with Gasteiger partial charge in [0.25, 0.3) is 10.0 Å². The van der Waals surface area contributed by atoms with Crippen molar-refractivity contribution in [3.05, 3.63) is 70.6 Å². The minimum Gasteiger partial charge on any atom is -0.354 e. The highest BCUT2D eigenvalue weighted by Crippen LogP contribution is 2.24. The number of nitrogens with zero attached hydrogens (tertiary/aromatic N) is 1. The van der Waals surface area contributed by atoms with Crippen LogP contribution >= 0.6 is 0 Å². The number of aromatic nitrogens is 1. The molecule has 0 atom stereocenters. The molecule has 1 aromatic heterocycles. The lowest BCUT2D eigenvalue weighted by Gasteiger charge is -2.12. The van der Waals surface area contributed by atoms with Crippen molar-refractivity contribution in [2.75, 3.05) is 10.0 Å². The van der Waals surface area contributed by atoms with Gasteiger partial charge in [0, 0.05) is 6.42 Å². The number of sulfonamides is 1. The Hall–Kier alpha value is -3.39. The summed E-state index contributed by atoms with van der Waals surface area (Å²) in [6.07, 6.45) is 3.79. The number of carbonyl (C=O) groups excluding carboxylic acids is 1. The number of nitrogens with one attached hydrogen (secondary N) is 2. The van der Waals surface area contributed by atoms with Gasteiger partial charge in [-0.05, 0) is 61.7 Å². The van der Waals surface area contributed by atoms with Crippen molar-refractivity contribution in [2.24, 2.45) is 0 Å². The van der Waals surface area contributed by atoms with Crippen LogP contribution in [0.5, 0.6) is 0 Å². The van der Waals surface area contributed by atoms with Crippen LogP contribution in [0.3, 0.4) is 0 Å². The Morgan fingerprint density at radius 2 is 1.77 bits per heavy atom. The molecule has 3 rings (SSSR count). The first kappa shape index (κ1) is 22.3. The van der Waals surface area contributed by atoms with Gasteiger partial charge in [-0.15, -0.1) is 0 Å². The molecule has 1 heterocycles. The summed E-state index contributed by atoms with van der Waals surface area (Å²) >= 11 is 0. The predicted molar refractivity (Wildman–Crippen MR) is 122 cm³/mol. The average Bonchev–Trinajstić information content (AvgIpc) is 3.09. The molecule has 0 fully saturated rings. The lowest BCUT2D eigenvalue weighted by Crippen LogP contribution is -2.14. The first-order valence-corrected chi connectivity index (χ1v) is 11.3. The fourth-order valence-corrected chi connectivity index (χ4v) is 4.00. The van der Waals surface area contributed by atoms with E-state index >= 15 is 0 Å². The summed E-state index contributed by atoms with van der Waals surface area (Å²) in [6.45, 7) is 7.32. The first-order valence-electron chi connectivity index (χ1n) is 9.84. The summed E-state index contributed by atoms with van der Waals surface area (Å²) < 4.78 is 33.4. The number of amides is 1. The smallest absolute Gasteiger partial charge is 0.261 e. The summed E-state index contributed by atoms with van der Waals surface area (Å²) in [4.78, 5) is 11.9. The van der Waals surface area contributed by atoms with Gasteiger partial charge in [-0.3, -0.25) is 9.52 Å². The topological polar surface area (TPSA) is 101 Å². The summed E-state index contributed by atoms with van der Waals surface area (Å²) in [5.41, 5.74) is 4.34. The Morgan fingerprint density at radius 3 is 2.45 bits per heavy atom. The van der Waals surface area contributed by atoms with E-state index in [9.17, 15) is 13.2 Å². The molecule has 0 saturated carbocycles. The Labute approximate surface area is 182 Å². The predicted octanol–water partition coefficient (Wildman–Crippen LogP) is 4.92. The van der Waals surface area contributed by atoms with Crippen LogP contribution in [0.25, 0.3) is 12.2 Å². The minimum absolute atomic E-state index is 0.133. The number of aryl methyl sites for hydroxylation is 2. The lowest BCUT2D eigenvalue weighted by molar-refractivity contribution is -0.115. The van der Waals surface area contributed by atoms with Crippen molar-refractivity contribution in [1.29, 1.82) is 0 Å². The van der Waals surface area contributed by atoms with Gasteiger partial charge >= 0.3 is 0 Å². The highest BCUT2D eigenvalue weighted by molar-refractivity contribution is 7.92. The van der Waals surface area contributed by atoms with Crippen molar-refractivity contribution in [3.63, 3.8) is 0 Å². The molecule has 2 aromatic carbocycles. The Kier molecular flexibility index (Phi) is 6.60. The maximum absolute atomic E-state index is 12.7. The summed E-state index contributed by atoms with van der Waals surface area (Å²) in [7, 11) is -3.71. The summed E-state index contributed by atoms with van der Waals surface area (Å²) in [6, 6.07) is 12.0. The lowest BCUT2D eigenvalue weighted by atomic mass is 10.1. The van der Waals surface area contributed by atoms with E-state index in [0.717, 1.165) is 16.7 Å². The molecule has 0 unspecified atom stereocenters. The van der Waals surface area contributed by atoms with E-state index in [4.69, 9.17) is 4.52 Å². The maximum atomic E-state index is 12.7. The Balaban J connectivity index is 1.78. The van der Waals surface area contributed by atoms with Gasteiger partial charge in [0.2, 0.25) is 5.91 Å². The molecule has 162 valence electrons. The number of carbonyl (C=O) groups is 1. The van der Waals surface area contributed by atoms with Crippen LogP contribution in [0, 0.1) is 20.8 Å². The van der Waals surface area contributed by atoms with Gasteiger partial charge in [0.15, 0.2) is 5.76 Å². The van der Waals surface area contributed by atoms with Crippen molar-refractivity contribution < 1.29 is 17.7 Å². The fraction of sp³-hybridized carbons (Fsp3) is 0.217. The van der Waals surface area contributed by atoms with Crippen LogP contribution in [0.15, 0.2) is 51.9 Å². The van der Waals surface area contributed by atoms with Gasteiger partial charge in [0.05, 0.1) is 10.6 Å². The van der Waals surface area contributed by atoms with Crippen molar-refractivity contribution in [3.8, 4) is 0 Å². The largest absolute Gasteiger partial charge is 0.354 e. The molecule has 0 saturated heterocycles. The van der Waals surface area contributed by atoms with E-state index in [0.29, 0.717) is 29.2 Å².